The second kappa shape index (κ2) is 8.68. The van der Waals surface area contributed by atoms with E-state index in [4.69, 9.17) is 4.74 Å². The number of rotatable bonds is 7. The summed E-state index contributed by atoms with van der Waals surface area (Å²) in [5, 5.41) is 3.97. The third kappa shape index (κ3) is 5.82. The Morgan fingerprint density at radius 1 is 1.07 bits per heavy atom. The maximum absolute atomic E-state index is 12.3. The van der Waals surface area contributed by atoms with E-state index < -0.39 is 10.0 Å². The number of carbonyl (C=O) groups excluding carboxylic acids is 1. The molecule has 2 aromatic carbocycles. The molecule has 0 radical (unpaired) electrons. The number of aryl methyl sites for hydroxylation is 1. The van der Waals surface area contributed by atoms with E-state index in [1.165, 1.54) is 17.0 Å². The van der Waals surface area contributed by atoms with Crippen LogP contribution in [0.3, 0.4) is 0 Å². The molecule has 0 aliphatic heterocycles. The Morgan fingerprint density at radius 3 is 2.22 bits per heavy atom. The van der Waals surface area contributed by atoms with Crippen molar-refractivity contribution < 1.29 is 17.9 Å². The van der Waals surface area contributed by atoms with E-state index in [9.17, 15) is 13.2 Å². The largest absolute Gasteiger partial charge is 0.484 e. The first kappa shape index (κ1) is 20.4. The SMILES string of the molecule is C/C(=N/NS(=O)(=O)c1ccc(C)cc1)c1ccc(OCC(=O)N(C)C)cc1. The van der Waals surface area contributed by atoms with Crippen molar-refractivity contribution in [3.8, 4) is 5.75 Å². The summed E-state index contributed by atoms with van der Waals surface area (Å²) in [6.45, 7) is 3.54. The lowest BCUT2D eigenvalue weighted by Gasteiger charge is -2.11. The molecular formula is C19H23N3O4S. The maximum Gasteiger partial charge on any atom is 0.276 e. The molecule has 27 heavy (non-hydrogen) atoms. The second-order valence-corrected chi connectivity index (χ2v) is 7.87. The number of carbonyl (C=O) groups is 1. The van der Waals surface area contributed by atoms with E-state index in [0.717, 1.165) is 11.1 Å². The highest BCUT2D eigenvalue weighted by atomic mass is 32.2. The molecule has 0 heterocycles. The number of sulfonamides is 1. The first-order valence-corrected chi connectivity index (χ1v) is 9.73. The maximum atomic E-state index is 12.3. The fourth-order valence-electron chi connectivity index (χ4n) is 2.03. The van der Waals surface area contributed by atoms with Gasteiger partial charge in [-0.05, 0) is 55.8 Å². The highest BCUT2D eigenvalue weighted by Gasteiger charge is 2.12. The lowest BCUT2D eigenvalue weighted by atomic mass is 10.1. The molecule has 0 aliphatic carbocycles. The number of nitrogens with one attached hydrogen (secondary N) is 1. The van der Waals surface area contributed by atoms with Gasteiger partial charge in [0, 0.05) is 14.1 Å². The molecule has 0 spiro atoms. The molecular weight excluding hydrogens is 366 g/mol. The second-order valence-electron chi connectivity index (χ2n) is 6.21. The van der Waals surface area contributed by atoms with Crippen LogP contribution in [0.5, 0.6) is 5.75 Å². The van der Waals surface area contributed by atoms with Gasteiger partial charge in [0.05, 0.1) is 10.6 Å². The highest BCUT2D eigenvalue weighted by Crippen LogP contribution is 2.14. The summed E-state index contributed by atoms with van der Waals surface area (Å²) in [6.07, 6.45) is 0. The van der Waals surface area contributed by atoms with Crippen molar-refractivity contribution in [1.29, 1.82) is 0 Å². The van der Waals surface area contributed by atoms with Gasteiger partial charge in [0.15, 0.2) is 6.61 Å². The van der Waals surface area contributed by atoms with Crippen LogP contribution in [0.15, 0.2) is 58.5 Å². The van der Waals surface area contributed by atoms with Crippen LogP contribution in [0.25, 0.3) is 0 Å². The zero-order valence-corrected chi connectivity index (χ0v) is 16.6. The molecule has 0 saturated carbocycles. The van der Waals surface area contributed by atoms with Crippen LogP contribution >= 0.6 is 0 Å². The van der Waals surface area contributed by atoms with E-state index in [0.29, 0.717) is 11.5 Å². The molecule has 1 N–H and O–H groups in total. The molecule has 7 nitrogen and oxygen atoms in total. The molecule has 1 amide bonds. The fraction of sp³-hybridized carbons (Fsp3) is 0.263. The van der Waals surface area contributed by atoms with Crippen molar-refractivity contribution in [3.05, 3.63) is 59.7 Å². The third-order valence-electron chi connectivity index (χ3n) is 3.80. The van der Waals surface area contributed by atoms with Gasteiger partial charge in [0.2, 0.25) is 0 Å². The molecule has 0 fully saturated rings. The monoisotopic (exact) mass is 389 g/mol. The van der Waals surface area contributed by atoms with Gasteiger partial charge in [-0.25, -0.2) is 0 Å². The molecule has 2 aromatic rings. The van der Waals surface area contributed by atoms with Crippen LogP contribution in [0.2, 0.25) is 0 Å². The smallest absolute Gasteiger partial charge is 0.276 e. The van der Waals surface area contributed by atoms with Crippen LogP contribution < -0.4 is 9.57 Å². The standard InChI is InChI=1S/C19H23N3O4S/c1-14-5-11-18(12-6-14)27(24,25)21-20-15(2)16-7-9-17(10-8-16)26-13-19(23)22(3)4/h5-12,21H,13H2,1-4H3/b20-15-. The van der Waals surface area contributed by atoms with Gasteiger partial charge in [0.1, 0.15) is 5.75 Å². The number of ether oxygens (including phenoxy) is 1. The Bertz CT molecular complexity index is 918. The van der Waals surface area contributed by atoms with Crippen molar-refractivity contribution in [3.63, 3.8) is 0 Å². The van der Waals surface area contributed by atoms with Crippen LogP contribution in [-0.2, 0) is 14.8 Å². The first-order valence-electron chi connectivity index (χ1n) is 8.25. The van der Waals surface area contributed by atoms with Crippen LogP contribution in [0.1, 0.15) is 18.1 Å². The topological polar surface area (TPSA) is 88.1 Å². The molecule has 2 rings (SSSR count). The Hall–Kier alpha value is -2.87. The molecule has 144 valence electrons. The summed E-state index contributed by atoms with van der Waals surface area (Å²) in [7, 11) is -0.401. The molecule has 0 unspecified atom stereocenters. The number of hydrogen-bond donors (Lipinski definition) is 1. The zero-order chi connectivity index (χ0) is 20.0. The quantitative estimate of drug-likeness (QED) is 0.581. The molecule has 0 bridgehead atoms. The Kier molecular flexibility index (Phi) is 6.57. The average molecular weight is 389 g/mol. The molecule has 8 heteroatoms. The lowest BCUT2D eigenvalue weighted by Crippen LogP contribution is -2.27. The third-order valence-corrected chi connectivity index (χ3v) is 5.02. The van der Waals surface area contributed by atoms with Gasteiger partial charge < -0.3 is 9.64 Å². The van der Waals surface area contributed by atoms with Gasteiger partial charge in [-0.3, -0.25) is 4.79 Å². The van der Waals surface area contributed by atoms with Gasteiger partial charge in [-0.1, -0.05) is 17.7 Å². The minimum absolute atomic E-state index is 0.0459. The average Bonchev–Trinajstić information content (AvgIpc) is 2.65. The predicted octanol–water partition coefficient (Wildman–Crippen LogP) is 2.16. The fourth-order valence-corrected chi connectivity index (χ4v) is 2.89. The van der Waals surface area contributed by atoms with E-state index in [2.05, 4.69) is 9.93 Å². The summed E-state index contributed by atoms with van der Waals surface area (Å²) in [5.41, 5.74) is 2.21. The molecule has 0 aromatic heterocycles. The zero-order valence-electron chi connectivity index (χ0n) is 15.8. The minimum atomic E-state index is -3.72. The normalized spacial score (nSPS) is 11.8. The highest BCUT2D eigenvalue weighted by molar-refractivity contribution is 7.89. The van der Waals surface area contributed by atoms with Gasteiger partial charge in [0.25, 0.3) is 15.9 Å². The van der Waals surface area contributed by atoms with E-state index in [1.54, 1.807) is 57.4 Å². The first-order chi connectivity index (χ1) is 12.7. The number of nitrogens with zero attached hydrogens (tertiary/aromatic N) is 2. The Morgan fingerprint density at radius 2 is 1.67 bits per heavy atom. The van der Waals surface area contributed by atoms with Crippen LogP contribution in [-0.4, -0.2) is 45.6 Å². The van der Waals surface area contributed by atoms with Crippen LogP contribution in [0.4, 0.5) is 0 Å². The van der Waals surface area contributed by atoms with Crippen molar-refractivity contribution >= 4 is 21.6 Å². The number of amides is 1. The summed E-state index contributed by atoms with van der Waals surface area (Å²) >= 11 is 0. The van der Waals surface area contributed by atoms with E-state index >= 15 is 0 Å². The van der Waals surface area contributed by atoms with E-state index in [1.807, 2.05) is 6.92 Å². The molecule has 0 aliphatic rings. The Labute approximate surface area is 159 Å². The van der Waals surface area contributed by atoms with Gasteiger partial charge in [-0.15, -0.1) is 0 Å². The number of hydrazone groups is 1. The minimum Gasteiger partial charge on any atom is -0.484 e. The molecule has 0 saturated heterocycles. The number of likely N-dealkylation sites (N-methyl/N-ethyl adjacent to an activating group) is 1. The van der Waals surface area contributed by atoms with Gasteiger partial charge in [-0.2, -0.15) is 18.4 Å². The van der Waals surface area contributed by atoms with Gasteiger partial charge >= 0.3 is 0 Å². The van der Waals surface area contributed by atoms with Crippen LogP contribution in [0, 0.1) is 6.92 Å². The molecule has 0 atom stereocenters. The summed E-state index contributed by atoms with van der Waals surface area (Å²) in [6, 6.07) is 13.4. The van der Waals surface area contributed by atoms with Crippen molar-refractivity contribution in [2.75, 3.05) is 20.7 Å². The predicted molar refractivity (Wildman–Crippen MR) is 104 cm³/mol. The summed E-state index contributed by atoms with van der Waals surface area (Å²) in [5.74, 6) is 0.407. The van der Waals surface area contributed by atoms with Crippen molar-refractivity contribution in [2.45, 2.75) is 18.7 Å². The van der Waals surface area contributed by atoms with Crippen molar-refractivity contribution in [2.24, 2.45) is 5.10 Å². The lowest BCUT2D eigenvalue weighted by molar-refractivity contribution is -0.130. The summed E-state index contributed by atoms with van der Waals surface area (Å²) < 4.78 is 29.9. The van der Waals surface area contributed by atoms with Crippen molar-refractivity contribution in [1.82, 2.24) is 9.73 Å². The Balaban J connectivity index is 2.03. The number of hydrogen-bond acceptors (Lipinski definition) is 5. The number of benzene rings is 2. The summed E-state index contributed by atoms with van der Waals surface area (Å²) in [4.78, 5) is 15.4. The van der Waals surface area contributed by atoms with E-state index in [-0.39, 0.29) is 17.4 Å².